The smallest absolute Gasteiger partial charge is 0.398 e. The molecule has 0 aliphatic heterocycles. The molecule has 0 fully saturated rings. The minimum absolute atomic E-state index is 0.0158. The second-order valence-electron chi connectivity index (χ2n) is 2.81. The molecule has 1 aromatic rings. The van der Waals surface area contributed by atoms with Gasteiger partial charge in [-0.3, -0.25) is 0 Å². The van der Waals surface area contributed by atoms with E-state index in [1.807, 2.05) is 0 Å². The average molecular weight is 254 g/mol. The van der Waals surface area contributed by atoms with Crippen molar-refractivity contribution >= 4 is 29.9 Å². The maximum absolute atomic E-state index is 12.4. The molecule has 0 spiro atoms. The summed E-state index contributed by atoms with van der Waals surface area (Å²) in [5, 5.41) is 1.20. The Labute approximate surface area is 95.1 Å². The Bertz CT molecular complexity index is 401. The summed E-state index contributed by atoms with van der Waals surface area (Å²) >= 11 is 9.31. The molecule has 0 atom stereocenters. The van der Waals surface area contributed by atoms with Crippen molar-refractivity contribution in [1.29, 1.82) is 0 Å². The molecule has 15 heavy (non-hydrogen) atoms. The summed E-state index contributed by atoms with van der Waals surface area (Å²) in [5.41, 5.74) is 4.93. The van der Waals surface area contributed by atoms with Crippen LogP contribution in [-0.4, -0.2) is 0 Å². The first-order chi connectivity index (χ1) is 6.84. The molecular weight excluding hydrogens is 247 g/mol. The molecule has 0 saturated heterocycles. The van der Waals surface area contributed by atoms with Crippen LogP contribution in [0.1, 0.15) is 11.1 Å². The van der Waals surface area contributed by atoms with Gasteiger partial charge in [0.1, 0.15) is 0 Å². The number of rotatable bonds is 1. The first kappa shape index (κ1) is 12.3. The van der Waals surface area contributed by atoms with Crippen molar-refractivity contribution in [3.05, 3.63) is 39.8 Å². The zero-order valence-electron chi connectivity index (χ0n) is 7.35. The molecule has 0 aliphatic carbocycles. The highest BCUT2D eigenvalue weighted by Gasteiger charge is 2.31. The van der Waals surface area contributed by atoms with Crippen LogP contribution >= 0.6 is 24.2 Å². The minimum atomic E-state index is -4.43. The topological polar surface area (TPSA) is 26.0 Å². The highest BCUT2D eigenvalue weighted by molar-refractivity contribution is 7.83. The normalized spacial score (nSPS) is 13.0. The van der Waals surface area contributed by atoms with Crippen molar-refractivity contribution in [3.8, 4) is 0 Å². The number of hydrogen-bond donors (Lipinski definition) is 2. The lowest BCUT2D eigenvalue weighted by Crippen LogP contribution is -2.06. The fourth-order valence-corrected chi connectivity index (χ4v) is 1.38. The van der Waals surface area contributed by atoms with E-state index in [2.05, 4.69) is 12.6 Å². The highest BCUT2D eigenvalue weighted by Crippen LogP contribution is 2.32. The molecule has 0 saturated carbocycles. The highest BCUT2D eigenvalue weighted by atomic mass is 35.5. The summed E-state index contributed by atoms with van der Waals surface area (Å²) in [7, 11) is 0. The van der Waals surface area contributed by atoms with Gasteiger partial charge in [0.05, 0.1) is 5.56 Å². The predicted octanol–water partition coefficient (Wildman–Crippen LogP) is 3.55. The van der Waals surface area contributed by atoms with Crippen molar-refractivity contribution in [2.45, 2.75) is 6.18 Å². The third-order valence-corrected chi connectivity index (χ3v) is 2.19. The lowest BCUT2D eigenvalue weighted by molar-refractivity contribution is -0.137. The van der Waals surface area contributed by atoms with Gasteiger partial charge in [-0.25, -0.2) is 0 Å². The Morgan fingerprint density at radius 1 is 1.33 bits per heavy atom. The van der Waals surface area contributed by atoms with Gasteiger partial charge in [0.2, 0.25) is 0 Å². The van der Waals surface area contributed by atoms with Crippen LogP contribution < -0.4 is 5.73 Å². The molecule has 0 unspecified atom stereocenters. The third kappa shape index (κ3) is 3.07. The van der Waals surface area contributed by atoms with Crippen molar-refractivity contribution in [1.82, 2.24) is 0 Å². The average Bonchev–Trinajstić information content (AvgIpc) is 2.14. The van der Waals surface area contributed by atoms with E-state index in [-0.39, 0.29) is 16.3 Å². The van der Waals surface area contributed by atoms with Crippen molar-refractivity contribution in [3.63, 3.8) is 0 Å². The number of benzene rings is 1. The molecule has 0 aromatic heterocycles. The summed E-state index contributed by atoms with van der Waals surface area (Å²) in [6.07, 6.45) is -4.43. The van der Waals surface area contributed by atoms with Gasteiger partial charge in [-0.15, -0.1) is 12.6 Å². The van der Waals surface area contributed by atoms with Gasteiger partial charge in [-0.05, 0) is 29.2 Å². The number of nitrogens with two attached hydrogens (primary N) is 1. The van der Waals surface area contributed by atoms with E-state index in [1.54, 1.807) is 0 Å². The molecule has 1 rings (SSSR count). The van der Waals surface area contributed by atoms with Crippen LogP contribution in [0.5, 0.6) is 0 Å². The lowest BCUT2D eigenvalue weighted by atomic mass is 10.1. The minimum Gasteiger partial charge on any atom is -0.398 e. The molecule has 2 N–H and O–H groups in total. The van der Waals surface area contributed by atoms with Gasteiger partial charge < -0.3 is 5.73 Å². The molecule has 0 amide bonds. The van der Waals surface area contributed by atoms with Crippen LogP contribution in [0.4, 0.5) is 13.2 Å². The van der Waals surface area contributed by atoms with Gasteiger partial charge in [0.25, 0.3) is 0 Å². The molecule has 6 heteroatoms. The zero-order valence-corrected chi connectivity index (χ0v) is 9.00. The molecular formula is C9H7ClF3NS. The molecule has 0 aliphatic rings. The van der Waals surface area contributed by atoms with Crippen LogP contribution in [0, 0.1) is 0 Å². The Morgan fingerprint density at radius 2 is 1.93 bits per heavy atom. The largest absolute Gasteiger partial charge is 0.416 e. The van der Waals surface area contributed by atoms with Crippen LogP contribution in [0.3, 0.4) is 0 Å². The fourth-order valence-electron chi connectivity index (χ4n) is 0.995. The molecule has 0 radical (unpaired) electrons. The summed E-state index contributed by atoms with van der Waals surface area (Å²) in [6.45, 7) is 0. The van der Waals surface area contributed by atoms with Gasteiger partial charge in [0.15, 0.2) is 0 Å². The van der Waals surface area contributed by atoms with E-state index in [9.17, 15) is 13.2 Å². The molecule has 1 aromatic carbocycles. The third-order valence-electron chi connectivity index (χ3n) is 1.70. The number of hydrogen-bond acceptors (Lipinski definition) is 2. The molecule has 82 valence electrons. The zero-order chi connectivity index (χ0) is 11.6. The number of thiol groups is 1. The Morgan fingerprint density at radius 3 is 2.40 bits per heavy atom. The van der Waals surface area contributed by atoms with E-state index < -0.39 is 11.7 Å². The van der Waals surface area contributed by atoms with Gasteiger partial charge >= 0.3 is 6.18 Å². The van der Waals surface area contributed by atoms with E-state index in [1.165, 1.54) is 11.5 Å². The van der Waals surface area contributed by atoms with E-state index in [0.717, 1.165) is 12.1 Å². The monoisotopic (exact) mass is 253 g/mol. The van der Waals surface area contributed by atoms with Crippen molar-refractivity contribution in [2.24, 2.45) is 5.73 Å². The summed E-state index contributed by atoms with van der Waals surface area (Å²) in [5.74, 6) is 0. The Kier molecular flexibility index (Phi) is 3.57. The van der Waals surface area contributed by atoms with Gasteiger partial charge in [-0.1, -0.05) is 11.6 Å². The van der Waals surface area contributed by atoms with E-state index >= 15 is 0 Å². The first-order valence-electron chi connectivity index (χ1n) is 3.82. The Balaban J connectivity index is 3.29. The summed E-state index contributed by atoms with van der Waals surface area (Å²) in [4.78, 5) is 0. The van der Waals surface area contributed by atoms with E-state index in [0.29, 0.717) is 0 Å². The maximum Gasteiger partial charge on any atom is 0.416 e. The summed E-state index contributed by atoms with van der Waals surface area (Å²) < 4.78 is 37.1. The van der Waals surface area contributed by atoms with E-state index in [4.69, 9.17) is 17.3 Å². The van der Waals surface area contributed by atoms with Crippen LogP contribution in [0.15, 0.2) is 23.6 Å². The fraction of sp³-hybridized carbons (Fsp3) is 0.111. The lowest BCUT2D eigenvalue weighted by Gasteiger charge is -2.09. The quantitative estimate of drug-likeness (QED) is 0.736. The predicted molar refractivity (Wildman–Crippen MR) is 57.6 cm³/mol. The maximum atomic E-state index is 12.4. The second kappa shape index (κ2) is 4.37. The number of alkyl halides is 3. The number of halogens is 4. The molecule has 1 nitrogen and oxygen atoms in total. The molecule has 0 bridgehead atoms. The second-order valence-corrected chi connectivity index (χ2v) is 3.51. The van der Waals surface area contributed by atoms with Gasteiger partial charge in [-0.2, -0.15) is 13.2 Å². The van der Waals surface area contributed by atoms with Crippen LogP contribution in [-0.2, 0) is 6.18 Å². The van der Waals surface area contributed by atoms with Crippen LogP contribution in [0.2, 0.25) is 5.02 Å². The standard InChI is InChI=1S/C9H7ClF3NS/c10-7-2-5(8(14)4-15)1-6(3-7)9(11,12)13/h1-4,15H,14H2/b8-4-. The van der Waals surface area contributed by atoms with Gasteiger partial charge in [0, 0.05) is 10.7 Å². The summed E-state index contributed by atoms with van der Waals surface area (Å²) in [6, 6.07) is 3.11. The van der Waals surface area contributed by atoms with Crippen LogP contribution in [0.25, 0.3) is 5.70 Å². The Hall–Kier alpha value is -0.810. The SMILES string of the molecule is N/C(=C\S)c1cc(Cl)cc(C(F)(F)F)c1. The van der Waals surface area contributed by atoms with Crippen molar-refractivity contribution in [2.75, 3.05) is 0 Å². The molecule has 0 heterocycles. The first-order valence-corrected chi connectivity index (χ1v) is 4.72. The van der Waals surface area contributed by atoms with Crippen molar-refractivity contribution < 1.29 is 13.2 Å².